The second-order valence-electron chi connectivity index (χ2n) is 8.36. The van der Waals surface area contributed by atoms with E-state index in [-0.39, 0.29) is 24.6 Å². The highest BCUT2D eigenvalue weighted by molar-refractivity contribution is 9.10. The zero-order valence-corrected chi connectivity index (χ0v) is 20.8. The van der Waals surface area contributed by atoms with Gasteiger partial charge in [0.05, 0.1) is 33.4 Å². The van der Waals surface area contributed by atoms with Crippen molar-refractivity contribution in [2.24, 2.45) is 5.92 Å². The summed E-state index contributed by atoms with van der Waals surface area (Å²) in [6.07, 6.45) is 0.0196. The Hall–Kier alpha value is -3.49. The highest BCUT2D eigenvalue weighted by Crippen LogP contribution is 2.35. The van der Waals surface area contributed by atoms with Crippen LogP contribution in [0, 0.1) is 12.8 Å². The molecule has 2 aliphatic heterocycles. The van der Waals surface area contributed by atoms with E-state index in [1.165, 1.54) is 11.0 Å². The van der Waals surface area contributed by atoms with Crippen molar-refractivity contribution < 1.29 is 23.9 Å². The molecule has 0 N–H and O–H groups in total. The molecule has 9 heteroatoms. The maximum atomic E-state index is 12.9. The number of halogens is 2. The third-order valence-corrected chi connectivity index (χ3v) is 6.89. The fourth-order valence-corrected chi connectivity index (χ4v) is 4.94. The van der Waals surface area contributed by atoms with Gasteiger partial charge in [0.1, 0.15) is 5.75 Å². The van der Waals surface area contributed by atoms with E-state index in [0.717, 1.165) is 4.90 Å². The lowest BCUT2D eigenvalue weighted by Crippen LogP contribution is -2.30. The Balaban J connectivity index is 1.31. The molecule has 35 heavy (non-hydrogen) atoms. The predicted octanol–water partition coefficient (Wildman–Crippen LogP) is 5.17. The van der Waals surface area contributed by atoms with Gasteiger partial charge in [-0.2, -0.15) is 0 Å². The average molecular weight is 554 g/mol. The third kappa shape index (κ3) is 4.13. The van der Waals surface area contributed by atoms with Crippen molar-refractivity contribution in [2.45, 2.75) is 13.3 Å². The number of benzene rings is 3. The molecule has 3 amide bonds. The van der Waals surface area contributed by atoms with E-state index in [9.17, 15) is 19.2 Å². The van der Waals surface area contributed by atoms with Crippen LogP contribution < -0.4 is 14.5 Å². The van der Waals surface area contributed by atoms with Crippen molar-refractivity contribution in [3.8, 4) is 5.75 Å². The average Bonchev–Trinajstić information content (AvgIpc) is 3.32. The Morgan fingerprint density at radius 1 is 0.971 bits per heavy atom. The van der Waals surface area contributed by atoms with Gasteiger partial charge in [-0.25, -0.2) is 4.90 Å². The van der Waals surface area contributed by atoms with E-state index in [2.05, 4.69) is 15.9 Å². The zero-order chi connectivity index (χ0) is 24.9. The van der Waals surface area contributed by atoms with Crippen molar-refractivity contribution >= 4 is 62.6 Å². The molecule has 1 saturated heterocycles. The van der Waals surface area contributed by atoms with Crippen LogP contribution in [0.15, 0.2) is 65.1 Å². The van der Waals surface area contributed by atoms with E-state index in [1.807, 2.05) is 0 Å². The lowest BCUT2D eigenvalue weighted by molar-refractivity contribution is -0.139. The molecule has 3 aromatic carbocycles. The van der Waals surface area contributed by atoms with Gasteiger partial charge in [0.25, 0.3) is 11.8 Å². The quantitative estimate of drug-likeness (QED) is 0.253. The third-order valence-electron chi connectivity index (χ3n) is 6.08. The predicted molar refractivity (Wildman–Crippen MR) is 134 cm³/mol. The van der Waals surface area contributed by atoms with Gasteiger partial charge < -0.3 is 9.64 Å². The number of esters is 1. The molecule has 1 fully saturated rings. The number of imide groups is 1. The van der Waals surface area contributed by atoms with Crippen LogP contribution in [0.5, 0.6) is 5.75 Å². The highest BCUT2D eigenvalue weighted by atomic mass is 79.9. The lowest BCUT2D eigenvalue weighted by Gasteiger charge is -2.18. The fourth-order valence-electron chi connectivity index (χ4n) is 4.34. The van der Waals surface area contributed by atoms with Crippen LogP contribution in [0.3, 0.4) is 0 Å². The normalized spacial score (nSPS) is 17.2. The lowest BCUT2D eigenvalue weighted by atomic mass is 10.1. The maximum Gasteiger partial charge on any atom is 0.316 e. The summed E-state index contributed by atoms with van der Waals surface area (Å²) in [5, 5.41) is 0.432. The number of carbonyl (C=O) groups excluding carboxylic acids is 4. The summed E-state index contributed by atoms with van der Waals surface area (Å²) < 4.78 is 6.25. The topological polar surface area (TPSA) is 84.0 Å². The number of hydrogen-bond donors (Lipinski definition) is 0. The molecule has 0 bridgehead atoms. The summed E-state index contributed by atoms with van der Waals surface area (Å²) in [5.41, 5.74) is 2.22. The molecule has 3 aromatic rings. The van der Waals surface area contributed by atoms with Crippen molar-refractivity contribution in [3.05, 3.63) is 86.8 Å². The first-order valence-electron chi connectivity index (χ1n) is 10.8. The first kappa shape index (κ1) is 23.3. The number of anilines is 2. The summed E-state index contributed by atoms with van der Waals surface area (Å²) in [7, 11) is 0. The van der Waals surface area contributed by atoms with Gasteiger partial charge in [-0.3, -0.25) is 19.2 Å². The highest BCUT2D eigenvalue weighted by Gasteiger charge is 2.39. The monoisotopic (exact) mass is 552 g/mol. The Bertz CT molecular complexity index is 1420. The number of carbonyl (C=O) groups is 4. The number of amides is 3. The van der Waals surface area contributed by atoms with E-state index >= 15 is 0 Å². The van der Waals surface area contributed by atoms with Crippen LogP contribution in [-0.2, 0) is 9.59 Å². The molecule has 1 atom stereocenters. The Morgan fingerprint density at radius 2 is 1.71 bits per heavy atom. The van der Waals surface area contributed by atoms with Crippen molar-refractivity contribution in [1.82, 2.24) is 0 Å². The fraction of sp³-hybridized carbons (Fsp3) is 0.154. The number of para-hydroxylation sites is 1. The molecule has 0 aromatic heterocycles. The van der Waals surface area contributed by atoms with Gasteiger partial charge in [0, 0.05) is 17.4 Å². The van der Waals surface area contributed by atoms with Crippen LogP contribution >= 0.6 is 27.5 Å². The van der Waals surface area contributed by atoms with E-state index in [4.69, 9.17) is 16.3 Å². The number of fused-ring (bicyclic) bond motifs is 1. The number of aryl methyl sites for hydroxylation is 1. The molecule has 0 saturated carbocycles. The molecule has 176 valence electrons. The summed E-state index contributed by atoms with van der Waals surface area (Å²) >= 11 is 9.53. The molecule has 0 aliphatic carbocycles. The Labute approximate surface area is 214 Å². The van der Waals surface area contributed by atoms with Gasteiger partial charge in [0.2, 0.25) is 5.91 Å². The van der Waals surface area contributed by atoms with Gasteiger partial charge in [-0.05, 0) is 61.0 Å². The van der Waals surface area contributed by atoms with Gasteiger partial charge in [-0.1, -0.05) is 39.7 Å². The van der Waals surface area contributed by atoms with Gasteiger partial charge in [-0.15, -0.1) is 0 Å². The smallest absolute Gasteiger partial charge is 0.316 e. The molecule has 7 nitrogen and oxygen atoms in total. The van der Waals surface area contributed by atoms with E-state index in [0.29, 0.717) is 37.6 Å². The number of ether oxygens (including phenoxy) is 1. The largest absolute Gasteiger partial charge is 0.426 e. The van der Waals surface area contributed by atoms with Crippen molar-refractivity contribution in [1.29, 1.82) is 0 Å². The first-order chi connectivity index (χ1) is 16.7. The van der Waals surface area contributed by atoms with Gasteiger partial charge in [0.15, 0.2) is 0 Å². The standard InChI is InChI=1S/C26H18BrClN2O5/c1-14-10-17(7-9-21(14)30-24(32)18-8-6-16(27)12-19(18)25(30)33)35-26(34)15-11-23(31)29(13-15)22-5-3-2-4-20(22)28/h2-10,12,15H,11,13H2,1H3/t15-/m1/s1. The second-order valence-corrected chi connectivity index (χ2v) is 9.68. The Kier molecular flexibility index (Phi) is 5.94. The van der Waals surface area contributed by atoms with Crippen LogP contribution in [0.2, 0.25) is 5.02 Å². The number of hydrogen-bond acceptors (Lipinski definition) is 5. The number of nitrogens with zero attached hydrogens (tertiary/aromatic N) is 2. The molecule has 0 radical (unpaired) electrons. The molecule has 0 unspecified atom stereocenters. The van der Waals surface area contributed by atoms with Crippen LogP contribution in [-0.4, -0.2) is 30.2 Å². The summed E-state index contributed by atoms with van der Waals surface area (Å²) in [5.74, 6) is -1.94. The molecular weight excluding hydrogens is 536 g/mol. The molecule has 2 aliphatic rings. The van der Waals surface area contributed by atoms with Crippen LogP contribution in [0.1, 0.15) is 32.7 Å². The SMILES string of the molecule is Cc1cc(OC(=O)[C@@H]2CC(=O)N(c3ccccc3Cl)C2)ccc1N1C(=O)c2ccc(Br)cc2C1=O. The van der Waals surface area contributed by atoms with Gasteiger partial charge >= 0.3 is 5.97 Å². The Morgan fingerprint density at radius 3 is 2.46 bits per heavy atom. The minimum Gasteiger partial charge on any atom is -0.426 e. The van der Waals surface area contributed by atoms with E-state index < -0.39 is 23.7 Å². The summed E-state index contributed by atoms with van der Waals surface area (Å²) in [6.45, 7) is 1.90. The first-order valence-corrected chi connectivity index (χ1v) is 12.0. The van der Waals surface area contributed by atoms with Crippen LogP contribution in [0.25, 0.3) is 0 Å². The maximum absolute atomic E-state index is 12.9. The second kappa shape index (κ2) is 8.94. The molecular formula is C26H18BrClN2O5. The van der Waals surface area contributed by atoms with E-state index in [1.54, 1.807) is 61.5 Å². The van der Waals surface area contributed by atoms with Crippen molar-refractivity contribution in [3.63, 3.8) is 0 Å². The zero-order valence-electron chi connectivity index (χ0n) is 18.5. The molecule has 5 rings (SSSR count). The molecule has 2 heterocycles. The van der Waals surface area contributed by atoms with Crippen molar-refractivity contribution in [2.75, 3.05) is 16.3 Å². The molecule has 0 spiro atoms. The summed E-state index contributed by atoms with van der Waals surface area (Å²) in [4.78, 5) is 53.7. The summed E-state index contributed by atoms with van der Waals surface area (Å²) in [6, 6.07) is 16.6. The number of rotatable bonds is 4. The minimum absolute atomic E-state index is 0.0196. The van der Waals surface area contributed by atoms with Crippen LogP contribution in [0.4, 0.5) is 11.4 Å². The minimum atomic E-state index is -0.645.